The van der Waals surface area contributed by atoms with Crippen molar-refractivity contribution in [2.75, 3.05) is 36.0 Å². The van der Waals surface area contributed by atoms with Crippen LogP contribution < -0.4 is 9.80 Å². The van der Waals surface area contributed by atoms with Gasteiger partial charge in [0.05, 0.1) is 0 Å². The zero-order valence-corrected chi connectivity index (χ0v) is 10.8. The fraction of sp³-hybridized carbons (Fsp3) is 0.357. The van der Waals surface area contributed by atoms with Gasteiger partial charge in [-0.2, -0.15) is 0 Å². The summed E-state index contributed by atoms with van der Waals surface area (Å²) in [6.45, 7) is 3.91. The Labute approximate surface area is 112 Å². The molecule has 3 rings (SSSR count). The predicted octanol–water partition coefficient (Wildman–Crippen LogP) is 1.59. The summed E-state index contributed by atoms with van der Waals surface area (Å²) in [5, 5.41) is 0. The lowest BCUT2D eigenvalue weighted by Crippen LogP contribution is -2.31. The van der Waals surface area contributed by atoms with E-state index < -0.39 is 0 Å². The molecule has 19 heavy (non-hydrogen) atoms. The molecule has 1 aliphatic heterocycles. The second-order valence-corrected chi connectivity index (χ2v) is 4.56. The SMILES string of the molecule is c1ccc(N2CCCN(c3ncccn3)CC2)nc1. The maximum atomic E-state index is 4.42. The molecule has 0 unspecified atom stereocenters. The van der Waals surface area contributed by atoms with Gasteiger partial charge in [-0.25, -0.2) is 15.0 Å². The number of hydrogen-bond donors (Lipinski definition) is 0. The molecule has 5 heteroatoms. The van der Waals surface area contributed by atoms with Crippen LogP contribution in [0.15, 0.2) is 42.9 Å². The van der Waals surface area contributed by atoms with E-state index >= 15 is 0 Å². The maximum Gasteiger partial charge on any atom is 0.225 e. The van der Waals surface area contributed by atoms with Crippen LogP contribution in [0.5, 0.6) is 0 Å². The zero-order valence-electron chi connectivity index (χ0n) is 10.8. The van der Waals surface area contributed by atoms with Crippen molar-refractivity contribution in [3.63, 3.8) is 0 Å². The fourth-order valence-electron chi connectivity index (χ4n) is 2.34. The van der Waals surface area contributed by atoms with Gasteiger partial charge in [-0.3, -0.25) is 0 Å². The van der Waals surface area contributed by atoms with Crippen LogP contribution in [0.25, 0.3) is 0 Å². The quantitative estimate of drug-likeness (QED) is 0.815. The van der Waals surface area contributed by atoms with Crippen molar-refractivity contribution in [2.24, 2.45) is 0 Å². The summed E-state index contributed by atoms with van der Waals surface area (Å²) in [6, 6.07) is 7.90. The molecular weight excluding hydrogens is 238 g/mol. The van der Waals surface area contributed by atoms with Gasteiger partial charge in [0, 0.05) is 44.8 Å². The van der Waals surface area contributed by atoms with Crippen molar-refractivity contribution in [1.82, 2.24) is 15.0 Å². The minimum atomic E-state index is 0.824. The molecule has 1 fully saturated rings. The molecule has 0 aliphatic carbocycles. The first kappa shape index (κ1) is 11.9. The Morgan fingerprint density at radius 2 is 1.47 bits per heavy atom. The van der Waals surface area contributed by atoms with Crippen molar-refractivity contribution in [3.8, 4) is 0 Å². The monoisotopic (exact) mass is 255 g/mol. The van der Waals surface area contributed by atoms with Crippen LogP contribution in [0.1, 0.15) is 6.42 Å². The van der Waals surface area contributed by atoms with E-state index in [9.17, 15) is 0 Å². The van der Waals surface area contributed by atoms with E-state index in [1.807, 2.05) is 24.4 Å². The summed E-state index contributed by atoms with van der Waals surface area (Å²) in [7, 11) is 0. The van der Waals surface area contributed by atoms with Crippen molar-refractivity contribution in [1.29, 1.82) is 0 Å². The highest BCUT2D eigenvalue weighted by Gasteiger charge is 2.17. The third-order valence-electron chi connectivity index (χ3n) is 3.30. The Balaban J connectivity index is 1.69. The van der Waals surface area contributed by atoms with E-state index in [1.54, 1.807) is 12.4 Å². The third-order valence-corrected chi connectivity index (χ3v) is 3.30. The van der Waals surface area contributed by atoms with Gasteiger partial charge in [0.25, 0.3) is 0 Å². The van der Waals surface area contributed by atoms with E-state index in [-0.39, 0.29) is 0 Å². The summed E-state index contributed by atoms with van der Waals surface area (Å²) in [4.78, 5) is 17.6. The zero-order chi connectivity index (χ0) is 12.9. The van der Waals surface area contributed by atoms with Crippen LogP contribution in [0.4, 0.5) is 11.8 Å². The minimum absolute atomic E-state index is 0.824. The Morgan fingerprint density at radius 3 is 2.26 bits per heavy atom. The van der Waals surface area contributed by atoms with Gasteiger partial charge in [-0.05, 0) is 24.6 Å². The van der Waals surface area contributed by atoms with Crippen LogP contribution in [-0.4, -0.2) is 41.1 Å². The molecular formula is C14H17N5. The van der Waals surface area contributed by atoms with Crippen molar-refractivity contribution in [3.05, 3.63) is 42.9 Å². The number of rotatable bonds is 2. The summed E-state index contributed by atoms with van der Waals surface area (Å²) < 4.78 is 0. The summed E-state index contributed by atoms with van der Waals surface area (Å²) in [5.41, 5.74) is 0. The normalized spacial score (nSPS) is 16.2. The van der Waals surface area contributed by atoms with Crippen LogP contribution in [0, 0.1) is 0 Å². The molecule has 0 amide bonds. The van der Waals surface area contributed by atoms with E-state index in [1.165, 1.54) is 0 Å². The maximum absolute atomic E-state index is 4.42. The molecule has 5 nitrogen and oxygen atoms in total. The van der Waals surface area contributed by atoms with Crippen LogP contribution in [-0.2, 0) is 0 Å². The summed E-state index contributed by atoms with van der Waals surface area (Å²) in [5.74, 6) is 1.88. The van der Waals surface area contributed by atoms with Crippen molar-refractivity contribution >= 4 is 11.8 Å². The lowest BCUT2D eigenvalue weighted by atomic mass is 10.3. The highest BCUT2D eigenvalue weighted by molar-refractivity contribution is 5.39. The second-order valence-electron chi connectivity index (χ2n) is 4.56. The molecule has 0 spiro atoms. The topological polar surface area (TPSA) is 45.2 Å². The molecule has 98 valence electrons. The molecule has 3 heterocycles. The second kappa shape index (κ2) is 5.65. The average molecular weight is 255 g/mol. The Kier molecular flexibility index (Phi) is 3.54. The largest absolute Gasteiger partial charge is 0.355 e. The lowest BCUT2D eigenvalue weighted by molar-refractivity contribution is 0.781. The van der Waals surface area contributed by atoms with Crippen molar-refractivity contribution < 1.29 is 0 Å². The van der Waals surface area contributed by atoms with Crippen LogP contribution >= 0.6 is 0 Å². The van der Waals surface area contributed by atoms with Crippen molar-refractivity contribution in [2.45, 2.75) is 6.42 Å². The van der Waals surface area contributed by atoms with E-state index in [2.05, 4.69) is 30.8 Å². The average Bonchev–Trinajstić information content (AvgIpc) is 2.75. The lowest BCUT2D eigenvalue weighted by Gasteiger charge is -2.22. The highest BCUT2D eigenvalue weighted by atomic mass is 15.3. The molecule has 1 aliphatic rings. The van der Waals surface area contributed by atoms with Gasteiger partial charge in [0.1, 0.15) is 5.82 Å². The number of pyridine rings is 1. The highest BCUT2D eigenvalue weighted by Crippen LogP contribution is 2.15. The number of hydrogen-bond acceptors (Lipinski definition) is 5. The molecule has 0 aromatic carbocycles. The first-order valence-electron chi connectivity index (χ1n) is 6.61. The van der Waals surface area contributed by atoms with Gasteiger partial charge in [0.2, 0.25) is 5.95 Å². The number of nitrogens with zero attached hydrogens (tertiary/aromatic N) is 5. The van der Waals surface area contributed by atoms with Gasteiger partial charge < -0.3 is 9.80 Å². The van der Waals surface area contributed by atoms with Gasteiger partial charge in [-0.1, -0.05) is 6.07 Å². The predicted molar refractivity (Wildman–Crippen MR) is 75.3 cm³/mol. The van der Waals surface area contributed by atoms with Gasteiger partial charge >= 0.3 is 0 Å². The minimum Gasteiger partial charge on any atom is -0.355 e. The molecule has 0 saturated carbocycles. The number of aromatic nitrogens is 3. The van der Waals surface area contributed by atoms with E-state index in [0.717, 1.165) is 44.4 Å². The third kappa shape index (κ3) is 2.81. The first-order valence-corrected chi connectivity index (χ1v) is 6.61. The van der Waals surface area contributed by atoms with Gasteiger partial charge in [0.15, 0.2) is 0 Å². The first-order chi connectivity index (χ1) is 9.43. The van der Waals surface area contributed by atoms with Crippen LogP contribution in [0.2, 0.25) is 0 Å². The Morgan fingerprint density at radius 1 is 0.737 bits per heavy atom. The van der Waals surface area contributed by atoms with Gasteiger partial charge in [-0.15, -0.1) is 0 Å². The molecule has 0 radical (unpaired) electrons. The molecule has 0 atom stereocenters. The molecule has 2 aromatic rings. The standard InChI is InChI=1S/C14H17N5/c1-2-6-15-13(5-1)18-9-4-10-19(12-11-18)14-16-7-3-8-17-14/h1-3,5-8H,4,9-12H2. The molecule has 0 N–H and O–H groups in total. The van der Waals surface area contributed by atoms with Crippen LogP contribution in [0.3, 0.4) is 0 Å². The Bertz CT molecular complexity index is 454. The smallest absolute Gasteiger partial charge is 0.225 e. The summed E-state index contributed by atoms with van der Waals surface area (Å²) >= 11 is 0. The number of anilines is 2. The van der Waals surface area contributed by atoms with E-state index in [4.69, 9.17) is 0 Å². The molecule has 2 aromatic heterocycles. The Hall–Kier alpha value is -2.17. The van der Waals surface area contributed by atoms with E-state index in [0.29, 0.717) is 0 Å². The fourth-order valence-corrected chi connectivity index (χ4v) is 2.34. The molecule has 0 bridgehead atoms. The summed E-state index contributed by atoms with van der Waals surface area (Å²) in [6.07, 6.45) is 6.53. The molecule has 1 saturated heterocycles.